The first-order valence-electron chi connectivity index (χ1n) is 7.52. The lowest BCUT2D eigenvalue weighted by Gasteiger charge is -2.33. The van der Waals surface area contributed by atoms with Crippen LogP contribution in [0, 0.1) is 5.92 Å². The Labute approximate surface area is 127 Å². The van der Waals surface area contributed by atoms with Crippen LogP contribution in [0.25, 0.3) is 0 Å². The number of nitrogens with one attached hydrogen (secondary N) is 1. The van der Waals surface area contributed by atoms with Gasteiger partial charge in [0.15, 0.2) is 0 Å². The van der Waals surface area contributed by atoms with Gasteiger partial charge in [0.25, 0.3) is 0 Å². The quantitative estimate of drug-likeness (QED) is 0.802. The summed E-state index contributed by atoms with van der Waals surface area (Å²) in [7, 11) is 1.39. The van der Waals surface area contributed by atoms with Crippen molar-refractivity contribution in [1.29, 1.82) is 0 Å². The second-order valence-electron chi connectivity index (χ2n) is 6.56. The van der Waals surface area contributed by atoms with E-state index in [4.69, 9.17) is 4.74 Å². The minimum atomic E-state index is -0.453. The van der Waals surface area contributed by atoms with Crippen LogP contribution in [0.3, 0.4) is 0 Å². The van der Waals surface area contributed by atoms with E-state index in [0.717, 1.165) is 19.4 Å². The van der Waals surface area contributed by atoms with E-state index in [2.05, 4.69) is 10.1 Å². The molecule has 0 bridgehead atoms. The second-order valence-corrected chi connectivity index (χ2v) is 6.56. The van der Waals surface area contributed by atoms with Crippen LogP contribution in [0.4, 0.5) is 4.79 Å². The topological polar surface area (TPSA) is 67.9 Å². The molecule has 0 saturated carbocycles. The third-order valence-electron chi connectivity index (χ3n) is 3.53. The van der Waals surface area contributed by atoms with Gasteiger partial charge >= 0.3 is 12.1 Å². The molecule has 1 rings (SSSR count). The number of likely N-dealkylation sites (tertiary alicyclic amines) is 1. The van der Waals surface area contributed by atoms with Gasteiger partial charge in [-0.2, -0.15) is 0 Å². The number of rotatable bonds is 4. The molecule has 1 aliphatic rings. The highest BCUT2D eigenvalue weighted by Crippen LogP contribution is 2.19. The minimum absolute atomic E-state index is 0.239. The maximum atomic E-state index is 11.9. The molecule has 1 amide bonds. The van der Waals surface area contributed by atoms with Crippen LogP contribution >= 0.6 is 0 Å². The Morgan fingerprint density at radius 3 is 2.33 bits per heavy atom. The number of amides is 1. The summed E-state index contributed by atoms with van der Waals surface area (Å²) in [5.74, 6) is 0.219. The van der Waals surface area contributed by atoms with Crippen molar-refractivity contribution >= 4 is 12.1 Å². The van der Waals surface area contributed by atoms with Crippen LogP contribution < -0.4 is 5.32 Å². The average Bonchev–Trinajstić information content (AvgIpc) is 2.42. The first kappa shape index (κ1) is 17.8. The number of carbonyl (C=O) groups is 2. The molecule has 0 radical (unpaired) electrons. The molecule has 1 N–H and O–H groups in total. The highest BCUT2D eigenvalue weighted by molar-refractivity contribution is 5.75. The molecule has 1 heterocycles. The minimum Gasteiger partial charge on any atom is -0.468 e. The van der Waals surface area contributed by atoms with Crippen molar-refractivity contribution in [3.05, 3.63) is 0 Å². The van der Waals surface area contributed by atoms with E-state index in [1.807, 2.05) is 20.8 Å². The Morgan fingerprint density at radius 1 is 1.29 bits per heavy atom. The van der Waals surface area contributed by atoms with Crippen molar-refractivity contribution in [3.63, 3.8) is 0 Å². The van der Waals surface area contributed by atoms with Gasteiger partial charge in [-0.15, -0.1) is 0 Å². The van der Waals surface area contributed by atoms with Crippen LogP contribution in [0.2, 0.25) is 0 Å². The van der Waals surface area contributed by atoms with E-state index < -0.39 is 5.60 Å². The molecule has 1 atom stereocenters. The largest absolute Gasteiger partial charge is 0.468 e. The van der Waals surface area contributed by atoms with Crippen LogP contribution in [0.5, 0.6) is 0 Å². The number of piperidine rings is 1. The highest BCUT2D eigenvalue weighted by Gasteiger charge is 2.27. The predicted molar refractivity (Wildman–Crippen MR) is 80.0 cm³/mol. The van der Waals surface area contributed by atoms with Crippen molar-refractivity contribution in [2.24, 2.45) is 5.92 Å². The first-order chi connectivity index (χ1) is 9.73. The van der Waals surface area contributed by atoms with Crippen molar-refractivity contribution in [1.82, 2.24) is 10.2 Å². The zero-order chi connectivity index (χ0) is 16.0. The molecular weight excluding hydrogens is 272 g/mol. The molecule has 0 aromatic carbocycles. The Balaban J connectivity index is 2.29. The van der Waals surface area contributed by atoms with Crippen LogP contribution in [-0.4, -0.2) is 55.3 Å². The Kier molecular flexibility index (Phi) is 6.45. The summed E-state index contributed by atoms with van der Waals surface area (Å²) in [4.78, 5) is 25.0. The lowest BCUT2D eigenvalue weighted by Crippen LogP contribution is -2.45. The summed E-state index contributed by atoms with van der Waals surface area (Å²) >= 11 is 0. The van der Waals surface area contributed by atoms with Crippen molar-refractivity contribution in [2.75, 3.05) is 26.7 Å². The van der Waals surface area contributed by atoms with Gasteiger partial charge in [0.05, 0.1) is 7.11 Å². The molecule has 6 heteroatoms. The summed E-state index contributed by atoms with van der Waals surface area (Å²) in [5.41, 5.74) is -0.453. The van der Waals surface area contributed by atoms with E-state index in [9.17, 15) is 9.59 Å². The number of esters is 1. The van der Waals surface area contributed by atoms with Crippen LogP contribution in [-0.2, 0) is 14.3 Å². The predicted octanol–water partition coefficient (Wildman–Crippen LogP) is 1.78. The van der Waals surface area contributed by atoms with Crippen LogP contribution in [0.15, 0.2) is 0 Å². The van der Waals surface area contributed by atoms with Gasteiger partial charge in [-0.1, -0.05) is 0 Å². The number of hydrogen-bond donors (Lipinski definition) is 1. The fraction of sp³-hybridized carbons (Fsp3) is 0.867. The zero-order valence-electron chi connectivity index (χ0n) is 13.8. The lowest BCUT2D eigenvalue weighted by molar-refractivity contribution is -0.142. The zero-order valence-corrected chi connectivity index (χ0v) is 13.8. The Hall–Kier alpha value is -1.30. The third-order valence-corrected chi connectivity index (χ3v) is 3.53. The molecule has 0 aliphatic carbocycles. The lowest BCUT2D eigenvalue weighted by atomic mass is 9.97. The number of methoxy groups -OCH3 is 1. The van der Waals surface area contributed by atoms with E-state index in [1.165, 1.54) is 7.11 Å². The average molecular weight is 300 g/mol. The fourth-order valence-electron chi connectivity index (χ4n) is 2.25. The summed E-state index contributed by atoms with van der Waals surface area (Å²) in [6.07, 6.45) is 1.59. The summed E-state index contributed by atoms with van der Waals surface area (Å²) in [5, 5.41) is 3.18. The normalized spacial score (nSPS) is 18.2. The van der Waals surface area contributed by atoms with Crippen molar-refractivity contribution in [3.8, 4) is 0 Å². The SMILES string of the molecule is COC(=O)C(C)NCC1CCN(C(=O)OC(C)(C)C)CC1. The smallest absolute Gasteiger partial charge is 0.410 e. The molecule has 1 fully saturated rings. The number of ether oxygens (including phenoxy) is 2. The van der Waals surface area contributed by atoms with Gasteiger partial charge in [-0.3, -0.25) is 4.79 Å². The third kappa shape index (κ3) is 6.33. The van der Waals surface area contributed by atoms with E-state index in [-0.39, 0.29) is 18.1 Å². The Morgan fingerprint density at radius 2 is 1.86 bits per heavy atom. The maximum Gasteiger partial charge on any atom is 0.410 e. The van der Waals surface area contributed by atoms with Crippen molar-refractivity contribution in [2.45, 2.75) is 52.2 Å². The van der Waals surface area contributed by atoms with E-state index in [1.54, 1.807) is 11.8 Å². The molecule has 6 nitrogen and oxygen atoms in total. The van der Waals surface area contributed by atoms with E-state index >= 15 is 0 Å². The summed E-state index contributed by atoms with van der Waals surface area (Å²) in [6.45, 7) is 9.57. The molecule has 1 saturated heterocycles. The van der Waals surface area contributed by atoms with Gasteiger partial charge in [0.1, 0.15) is 11.6 Å². The van der Waals surface area contributed by atoms with E-state index in [0.29, 0.717) is 19.0 Å². The fourth-order valence-corrected chi connectivity index (χ4v) is 2.25. The molecule has 0 aromatic heterocycles. The summed E-state index contributed by atoms with van der Waals surface area (Å²) in [6, 6.07) is -0.293. The molecule has 0 spiro atoms. The standard InChI is InChI=1S/C15H28N2O4/c1-11(13(18)20-5)16-10-12-6-8-17(9-7-12)14(19)21-15(2,3)4/h11-12,16H,6-10H2,1-5H3. The van der Waals surface area contributed by atoms with Gasteiger partial charge < -0.3 is 19.7 Å². The van der Waals surface area contributed by atoms with Gasteiger partial charge in [0.2, 0.25) is 0 Å². The highest BCUT2D eigenvalue weighted by atomic mass is 16.6. The molecule has 122 valence electrons. The van der Waals surface area contributed by atoms with Gasteiger partial charge in [-0.05, 0) is 53.0 Å². The summed E-state index contributed by atoms with van der Waals surface area (Å²) < 4.78 is 10.0. The van der Waals surface area contributed by atoms with Gasteiger partial charge in [-0.25, -0.2) is 4.79 Å². The van der Waals surface area contributed by atoms with Gasteiger partial charge in [0, 0.05) is 13.1 Å². The molecule has 0 aromatic rings. The van der Waals surface area contributed by atoms with Crippen molar-refractivity contribution < 1.29 is 19.1 Å². The maximum absolute atomic E-state index is 11.9. The number of hydrogen-bond acceptors (Lipinski definition) is 5. The molecule has 21 heavy (non-hydrogen) atoms. The Bertz CT molecular complexity index is 357. The second kappa shape index (κ2) is 7.64. The van der Waals surface area contributed by atoms with Crippen LogP contribution in [0.1, 0.15) is 40.5 Å². The number of nitrogens with zero attached hydrogens (tertiary/aromatic N) is 1. The molecule has 1 unspecified atom stereocenters. The number of carbonyl (C=O) groups excluding carboxylic acids is 2. The first-order valence-corrected chi connectivity index (χ1v) is 7.52. The monoisotopic (exact) mass is 300 g/mol. The molecular formula is C15H28N2O4. The molecule has 1 aliphatic heterocycles.